The van der Waals surface area contributed by atoms with Crippen LogP contribution in [0.5, 0.6) is 0 Å². The minimum Gasteiger partial charge on any atom is -0.436 e. The zero-order chi connectivity index (χ0) is 16.2. The maximum absolute atomic E-state index is 11.8. The lowest BCUT2D eigenvalue weighted by molar-refractivity contribution is -0.116. The molecule has 0 saturated heterocycles. The molecule has 118 valence electrons. The van der Waals surface area contributed by atoms with Gasteiger partial charge in [0.15, 0.2) is 5.58 Å². The van der Waals surface area contributed by atoms with Gasteiger partial charge in [-0.25, -0.2) is 4.98 Å². The summed E-state index contributed by atoms with van der Waals surface area (Å²) >= 11 is 6.00. The maximum atomic E-state index is 11.8. The topological polar surface area (TPSA) is 55.1 Å². The number of amides is 1. The molecule has 0 unspecified atom stereocenters. The van der Waals surface area contributed by atoms with E-state index in [9.17, 15) is 4.79 Å². The fourth-order valence-corrected chi connectivity index (χ4v) is 2.50. The lowest BCUT2D eigenvalue weighted by Crippen LogP contribution is -2.10. The lowest BCUT2D eigenvalue weighted by Gasteiger charge is -2.03. The molecule has 1 aromatic heterocycles. The van der Waals surface area contributed by atoms with E-state index in [4.69, 9.17) is 16.0 Å². The van der Waals surface area contributed by atoms with Crippen LogP contribution in [0.3, 0.4) is 0 Å². The Bertz CT molecular complexity index is 842. The van der Waals surface area contributed by atoms with E-state index in [0.29, 0.717) is 28.4 Å². The first-order valence-electron chi connectivity index (χ1n) is 7.62. The molecule has 0 saturated carbocycles. The second-order valence-corrected chi connectivity index (χ2v) is 5.80. The Kier molecular flexibility index (Phi) is 4.63. The first-order valence-corrected chi connectivity index (χ1v) is 8.00. The van der Waals surface area contributed by atoms with Gasteiger partial charge in [0, 0.05) is 22.7 Å². The summed E-state index contributed by atoms with van der Waals surface area (Å²) in [7, 11) is 0. The number of nitrogens with zero attached hydrogens (tertiary/aromatic N) is 1. The average Bonchev–Trinajstić information content (AvgIpc) is 2.96. The Morgan fingerprint density at radius 2 is 2.13 bits per heavy atom. The number of hydrogen-bond donors (Lipinski definition) is 1. The van der Waals surface area contributed by atoms with Crippen molar-refractivity contribution in [2.45, 2.75) is 26.2 Å². The molecule has 0 spiro atoms. The second kappa shape index (κ2) is 6.84. The molecular weight excluding hydrogens is 312 g/mol. The Hall–Kier alpha value is -2.33. The lowest BCUT2D eigenvalue weighted by atomic mass is 10.2. The molecule has 1 heterocycles. The molecule has 1 amide bonds. The van der Waals surface area contributed by atoms with E-state index < -0.39 is 0 Å². The van der Waals surface area contributed by atoms with Gasteiger partial charge >= 0.3 is 0 Å². The molecule has 3 rings (SSSR count). The molecule has 23 heavy (non-hydrogen) atoms. The quantitative estimate of drug-likeness (QED) is 0.693. The van der Waals surface area contributed by atoms with Crippen LogP contribution in [0.15, 0.2) is 46.9 Å². The Morgan fingerprint density at radius 1 is 1.26 bits per heavy atom. The van der Waals surface area contributed by atoms with E-state index in [2.05, 4.69) is 17.2 Å². The molecule has 0 aliphatic carbocycles. The Morgan fingerprint density at radius 3 is 2.91 bits per heavy atom. The Balaban J connectivity index is 1.85. The van der Waals surface area contributed by atoms with Crippen molar-refractivity contribution in [1.29, 1.82) is 0 Å². The smallest absolute Gasteiger partial charge is 0.227 e. The predicted molar refractivity (Wildman–Crippen MR) is 92.6 cm³/mol. The summed E-state index contributed by atoms with van der Waals surface area (Å²) < 4.78 is 5.75. The number of rotatable bonds is 5. The first kappa shape index (κ1) is 15.6. The number of hydrogen-bond acceptors (Lipinski definition) is 3. The molecule has 0 aliphatic rings. The van der Waals surface area contributed by atoms with Gasteiger partial charge in [0.2, 0.25) is 11.8 Å². The van der Waals surface area contributed by atoms with Gasteiger partial charge in [0.05, 0.1) is 0 Å². The summed E-state index contributed by atoms with van der Waals surface area (Å²) in [4.78, 5) is 16.3. The zero-order valence-corrected chi connectivity index (χ0v) is 13.6. The number of fused-ring (bicyclic) bond motifs is 1. The number of aromatic nitrogens is 1. The van der Waals surface area contributed by atoms with Crippen molar-refractivity contribution >= 4 is 34.3 Å². The third-order valence-corrected chi connectivity index (χ3v) is 3.74. The molecule has 0 atom stereocenters. The highest BCUT2D eigenvalue weighted by atomic mass is 35.5. The molecular formula is C18H17ClN2O2. The highest BCUT2D eigenvalue weighted by molar-refractivity contribution is 6.30. The third kappa shape index (κ3) is 3.71. The molecule has 0 aliphatic heterocycles. The molecule has 0 fully saturated rings. The molecule has 5 heteroatoms. The number of halogens is 1. The molecule has 0 radical (unpaired) electrons. The number of unbranched alkanes of at least 4 members (excludes halogenated alkanes) is 1. The van der Waals surface area contributed by atoms with Gasteiger partial charge in [-0.1, -0.05) is 31.0 Å². The third-order valence-electron chi connectivity index (χ3n) is 3.50. The van der Waals surface area contributed by atoms with Crippen LogP contribution >= 0.6 is 11.6 Å². The van der Waals surface area contributed by atoms with E-state index in [-0.39, 0.29) is 5.91 Å². The van der Waals surface area contributed by atoms with Crippen molar-refractivity contribution in [1.82, 2.24) is 4.98 Å². The van der Waals surface area contributed by atoms with E-state index in [1.165, 1.54) is 0 Å². The van der Waals surface area contributed by atoms with Gasteiger partial charge in [0.1, 0.15) is 5.52 Å². The van der Waals surface area contributed by atoms with Crippen molar-refractivity contribution in [2.24, 2.45) is 0 Å². The monoisotopic (exact) mass is 328 g/mol. The zero-order valence-electron chi connectivity index (χ0n) is 12.8. The minimum absolute atomic E-state index is 0.0183. The number of benzene rings is 2. The van der Waals surface area contributed by atoms with Crippen LogP contribution in [0.2, 0.25) is 5.02 Å². The molecule has 4 nitrogen and oxygen atoms in total. The summed E-state index contributed by atoms with van der Waals surface area (Å²) in [6.45, 7) is 2.06. The van der Waals surface area contributed by atoms with Gasteiger partial charge in [-0.15, -0.1) is 0 Å². The highest BCUT2D eigenvalue weighted by Gasteiger charge is 2.10. The van der Waals surface area contributed by atoms with E-state index in [0.717, 1.165) is 24.1 Å². The van der Waals surface area contributed by atoms with Crippen LogP contribution in [-0.2, 0) is 4.79 Å². The normalized spacial score (nSPS) is 10.9. The van der Waals surface area contributed by atoms with Crippen LogP contribution in [0.25, 0.3) is 22.6 Å². The summed E-state index contributed by atoms with van der Waals surface area (Å²) in [5, 5.41) is 3.52. The fourth-order valence-electron chi connectivity index (χ4n) is 2.31. The van der Waals surface area contributed by atoms with Crippen LogP contribution in [-0.4, -0.2) is 10.9 Å². The van der Waals surface area contributed by atoms with Crippen molar-refractivity contribution < 1.29 is 9.21 Å². The SMILES string of the molecule is CCCCC(=O)Nc1ccc2oc(-c3cccc(Cl)c3)nc2c1. The standard InChI is InChI=1S/C18H17ClN2O2/c1-2-3-7-17(22)20-14-8-9-16-15(11-14)21-18(23-16)12-5-4-6-13(19)10-12/h4-6,8-11H,2-3,7H2,1H3,(H,20,22). The van der Waals surface area contributed by atoms with Gasteiger partial charge in [0.25, 0.3) is 0 Å². The largest absolute Gasteiger partial charge is 0.436 e. The van der Waals surface area contributed by atoms with Gasteiger partial charge in [-0.2, -0.15) is 0 Å². The number of carbonyl (C=O) groups excluding carboxylic acids is 1. The number of oxazole rings is 1. The molecule has 2 aromatic carbocycles. The summed E-state index contributed by atoms with van der Waals surface area (Å²) in [6, 6.07) is 12.8. The summed E-state index contributed by atoms with van der Waals surface area (Å²) in [5.74, 6) is 0.529. The number of carbonyl (C=O) groups is 1. The van der Waals surface area contributed by atoms with Crippen molar-refractivity contribution in [3.8, 4) is 11.5 Å². The minimum atomic E-state index is 0.0183. The maximum Gasteiger partial charge on any atom is 0.227 e. The van der Waals surface area contributed by atoms with E-state index in [1.807, 2.05) is 30.3 Å². The van der Waals surface area contributed by atoms with Crippen LogP contribution in [0, 0.1) is 0 Å². The van der Waals surface area contributed by atoms with Crippen LogP contribution in [0.1, 0.15) is 26.2 Å². The van der Waals surface area contributed by atoms with Gasteiger partial charge in [-0.05, 0) is 42.8 Å². The molecule has 1 N–H and O–H groups in total. The molecule has 3 aromatic rings. The average molecular weight is 329 g/mol. The van der Waals surface area contributed by atoms with E-state index >= 15 is 0 Å². The summed E-state index contributed by atoms with van der Waals surface area (Å²) in [5.41, 5.74) is 2.92. The van der Waals surface area contributed by atoms with Crippen molar-refractivity contribution in [3.05, 3.63) is 47.5 Å². The first-order chi connectivity index (χ1) is 11.2. The van der Waals surface area contributed by atoms with E-state index in [1.54, 1.807) is 12.1 Å². The highest BCUT2D eigenvalue weighted by Crippen LogP contribution is 2.27. The van der Waals surface area contributed by atoms with Crippen LogP contribution in [0.4, 0.5) is 5.69 Å². The van der Waals surface area contributed by atoms with Crippen molar-refractivity contribution in [3.63, 3.8) is 0 Å². The predicted octanol–water partition coefficient (Wildman–Crippen LogP) is 5.28. The van der Waals surface area contributed by atoms with Gasteiger partial charge in [-0.3, -0.25) is 4.79 Å². The fraction of sp³-hybridized carbons (Fsp3) is 0.222. The molecule has 0 bridgehead atoms. The van der Waals surface area contributed by atoms with Crippen molar-refractivity contribution in [2.75, 3.05) is 5.32 Å². The number of nitrogens with one attached hydrogen (secondary N) is 1. The number of anilines is 1. The Labute approximate surface area is 139 Å². The summed E-state index contributed by atoms with van der Waals surface area (Å²) in [6.07, 6.45) is 2.41. The van der Waals surface area contributed by atoms with Gasteiger partial charge < -0.3 is 9.73 Å². The second-order valence-electron chi connectivity index (χ2n) is 5.36. The van der Waals surface area contributed by atoms with Crippen LogP contribution < -0.4 is 5.32 Å².